The summed E-state index contributed by atoms with van der Waals surface area (Å²) in [5, 5.41) is 2.92. The molecule has 31 heavy (non-hydrogen) atoms. The van der Waals surface area contributed by atoms with Crippen molar-refractivity contribution in [1.29, 1.82) is 0 Å². The molecule has 168 valence electrons. The third-order valence-electron chi connectivity index (χ3n) is 4.86. The number of rotatable bonds is 10. The van der Waals surface area contributed by atoms with Crippen LogP contribution in [0.4, 0.5) is 4.39 Å². The number of hydrogen-bond acceptors (Lipinski definition) is 3. The minimum Gasteiger partial charge on any atom is -0.352 e. The fraction of sp³-hybridized carbons (Fsp3) is 0.440. The molecule has 2 aromatic rings. The SMILES string of the molecule is CC[C@@H](C(=O)NC(C)C)N(Cc1ccc(F)cc1)C(=O)CSCc1cc(C)cc(C)c1. The lowest BCUT2D eigenvalue weighted by Crippen LogP contribution is -2.50. The Labute approximate surface area is 189 Å². The van der Waals surface area contributed by atoms with E-state index in [4.69, 9.17) is 0 Å². The second kappa shape index (κ2) is 11.9. The molecule has 0 saturated heterocycles. The molecule has 0 bridgehead atoms. The molecule has 0 unspecified atom stereocenters. The number of hydrogen-bond donors (Lipinski definition) is 1. The maximum atomic E-state index is 13.3. The maximum absolute atomic E-state index is 13.3. The lowest BCUT2D eigenvalue weighted by atomic mass is 10.1. The number of thioether (sulfide) groups is 1. The summed E-state index contributed by atoms with van der Waals surface area (Å²) in [6.45, 7) is 10.1. The van der Waals surface area contributed by atoms with Gasteiger partial charge in [0, 0.05) is 18.3 Å². The van der Waals surface area contributed by atoms with E-state index in [-0.39, 0.29) is 36.0 Å². The quantitative estimate of drug-likeness (QED) is 0.561. The van der Waals surface area contributed by atoms with Crippen LogP contribution in [0.2, 0.25) is 0 Å². The molecular formula is C25H33FN2O2S. The molecule has 0 aliphatic heterocycles. The molecule has 0 spiro atoms. The van der Waals surface area contributed by atoms with Crippen molar-refractivity contribution in [3.8, 4) is 0 Å². The molecule has 0 aliphatic rings. The van der Waals surface area contributed by atoms with E-state index >= 15 is 0 Å². The number of carbonyl (C=O) groups excluding carboxylic acids is 2. The van der Waals surface area contributed by atoms with Crippen LogP contribution < -0.4 is 5.32 Å². The molecule has 0 aromatic heterocycles. The van der Waals surface area contributed by atoms with Crippen LogP contribution in [0.3, 0.4) is 0 Å². The van der Waals surface area contributed by atoms with E-state index in [1.807, 2.05) is 20.8 Å². The van der Waals surface area contributed by atoms with Crippen LogP contribution in [0, 0.1) is 19.7 Å². The smallest absolute Gasteiger partial charge is 0.243 e. The highest BCUT2D eigenvalue weighted by atomic mass is 32.2. The van der Waals surface area contributed by atoms with Gasteiger partial charge in [-0.3, -0.25) is 9.59 Å². The Morgan fingerprint density at radius 1 is 1.03 bits per heavy atom. The van der Waals surface area contributed by atoms with Crippen molar-refractivity contribution in [1.82, 2.24) is 10.2 Å². The number of halogens is 1. The lowest BCUT2D eigenvalue weighted by molar-refractivity contribution is -0.139. The summed E-state index contributed by atoms with van der Waals surface area (Å²) in [5.41, 5.74) is 4.39. The number of benzene rings is 2. The van der Waals surface area contributed by atoms with Crippen molar-refractivity contribution >= 4 is 23.6 Å². The highest BCUT2D eigenvalue weighted by Gasteiger charge is 2.28. The Morgan fingerprint density at radius 2 is 1.65 bits per heavy atom. The highest BCUT2D eigenvalue weighted by molar-refractivity contribution is 7.99. The van der Waals surface area contributed by atoms with Crippen molar-refractivity contribution in [3.05, 3.63) is 70.5 Å². The van der Waals surface area contributed by atoms with Crippen LogP contribution in [0.25, 0.3) is 0 Å². The minimum atomic E-state index is -0.568. The Morgan fingerprint density at radius 3 is 2.19 bits per heavy atom. The fourth-order valence-electron chi connectivity index (χ4n) is 3.58. The normalized spacial score (nSPS) is 12.0. The zero-order valence-corrected chi connectivity index (χ0v) is 19.9. The zero-order valence-electron chi connectivity index (χ0n) is 19.1. The van der Waals surface area contributed by atoms with Crippen LogP contribution in [0.1, 0.15) is 49.4 Å². The average Bonchev–Trinajstić information content (AvgIpc) is 2.68. The van der Waals surface area contributed by atoms with Crippen LogP contribution in [-0.2, 0) is 21.9 Å². The summed E-state index contributed by atoms with van der Waals surface area (Å²) < 4.78 is 13.3. The van der Waals surface area contributed by atoms with E-state index in [9.17, 15) is 14.0 Å². The first-order chi connectivity index (χ1) is 14.7. The summed E-state index contributed by atoms with van der Waals surface area (Å²) >= 11 is 1.54. The third-order valence-corrected chi connectivity index (χ3v) is 5.85. The maximum Gasteiger partial charge on any atom is 0.243 e. The highest BCUT2D eigenvalue weighted by Crippen LogP contribution is 2.19. The van der Waals surface area contributed by atoms with E-state index in [0.717, 1.165) is 11.3 Å². The summed E-state index contributed by atoms with van der Waals surface area (Å²) in [4.78, 5) is 27.6. The first-order valence-electron chi connectivity index (χ1n) is 10.7. The first kappa shape index (κ1) is 24.9. The Kier molecular flexibility index (Phi) is 9.56. The van der Waals surface area contributed by atoms with Crippen LogP contribution >= 0.6 is 11.8 Å². The largest absolute Gasteiger partial charge is 0.352 e. The van der Waals surface area contributed by atoms with Crippen LogP contribution in [-0.4, -0.2) is 34.6 Å². The molecule has 1 atom stereocenters. The molecule has 2 rings (SSSR count). The molecule has 2 aromatic carbocycles. The Hall–Kier alpha value is -2.34. The van der Waals surface area contributed by atoms with Gasteiger partial charge in [0.15, 0.2) is 0 Å². The monoisotopic (exact) mass is 444 g/mol. The van der Waals surface area contributed by atoms with Gasteiger partial charge < -0.3 is 10.2 Å². The van der Waals surface area contributed by atoms with Crippen LogP contribution in [0.15, 0.2) is 42.5 Å². The second-order valence-electron chi connectivity index (χ2n) is 8.22. The van der Waals surface area contributed by atoms with E-state index in [1.165, 1.54) is 28.8 Å². The lowest BCUT2D eigenvalue weighted by Gasteiger charge is -2.31. The number of nitrogens with zero attached hydrogens (tertiary/aromatic N) is 1. The number of amides is 2. The van der Waals surface area contributed by atoms with Gasteiger partial charge >= 0.3 is 0 Å². The zero-order chi connectivity index (χ0) is 23.0. The molecule has 0 aliphatic carbocycles. The summed E-state index contributed by atoms with van der Waals surface area (Å²) in [5.74, 6) is 0.430. The molecule has 0 radical (unpaired) electrons. The Bertz CT molecular complexity index is 863. The predicted molar refractivity (Wildman–Crippen MR) is 126 cm³/mol. The molecule has 1 N–H and O–H groups in total. The molecule has 0 fully saturated rings. The first-order valence-corrected chi connectivity index (χ1v) is 11.8. The van der Waals surface area contributed by atoms with Gasteiger partial charge in [-0.1, -0.05) is 48.4 Å². The van der Waals surface area contributed by atoms with Gasteiger partial charge in [-0.2, -0.15) is 0 Å². The average molecular weight is 445 g/mol. The fourth-order valence-corrected chi connectivity index (χ4v) is 4.42. The molecule has 4 nitrogen and oxygen atoms in total. The second-order valence-corrected chi connectivity index (χ2v) is 9.21. The van der Waals surface area contributed by atoms with Crippen molar-refractivity contribution in [2.45, 2.75) is 65.4 Å². The number of aryl methyl sites for hydroxylation is 2. The van der Waals surface area contributed by atoms with E-state index in [0.29, 0.717) is 6.42 Å². The molecule has 6 heteroatoms. The van der Waals surface area contributed by atoms with E-state index in [1.54, 1.807) is 28.8 Å². The summed E-state index contributed by atoms with van der Waals surface area (Å²) in [6.07, 6.45) is 0.507. The molecule has 0 saturated carbocycles. The van der Waals surface area contributed by atoms with Crippen molar-refractivity contribution in [3.63, 3.8) is 0 Å². The van der Waals surface area contributed by atoms with Gasteiger partial charge in [0.1, 0.15) is 11.9 Å². The van der Waals surface area contributed by atoms with Crippen molar-refractivity contribution in [2.24, 2.45) is 0 Å². The van der Waals surface area contributed by atoms with Gasteiger partial charge in [0.2, 0.25) is 11.8 Å². The van der Waals surface area contributed by atoms with Gasteiger partial charge in [0.25, 0.3) is 0 Å². The number of carbonyl (C=O) groups is 2. The van der Waals surface area contributed by atoms with E-state index in [2.05, 4.69) is 37.4 Å². The topological polar surface area (TPSA) is 49.4 Å². The minimum absolute atomic E-state index is 0.0109. The van der Waals surface area contributed by atoms with Crippen LogP contribution in [0.5, 0.6) is 0 Å². The summed E-state index contributed by atoms with van der Waals surface area (Å²) in [6, 6.07) is 11.9. The predicted octanol–water partition coefficient (Wildman–Crippen LogP) is 5.01. The van der Waals surface area contributed by atoms with Crippen molar-refractivity contribution < 1.29 is 14.0 Å². The standard InChI is InChI=1S/C25H33FN2O2S/c1-6-23(25(30)27-17(2)3)28(14-20-7-9-22(26)10-8-20)24(29)16-31-15-21-12-18(4)11-19(5)13-21/h7-13,17,23H,6,14-16H2,1-5H3,(H,27,30)/t23-/m0/s1. The Balaban J connectivity index is 2.13. The molecule has 2 amide bonds. The molecular weight excluding hydrogens is 411 g/mol. The van der Waals surface area contributed by atoms with Gasteiger partial charge in [-0.15, -0.1) is 11.8 Å². The summed E-state index contributed by atoms with van der Waals surface area (Å²) in [7, 11) is 0. The van der Waals surface area contributed by atoms with Gasteiger partial charge in [0.05, 0.1) is 5.75 Å². The van der Waals surface area contributed by atoms with E-state index < -0.39 is 6.04 Å². The van der Waals surface area contributed by atoms with Gasteiger partial charge in [-0.05, 0) is 57.4 Å². The van der Waals surface area contributed by atoms with Gasteiger partial charge in [-0.25, -0.2) is 4.39 Å². The van der Waals surface area contributed by atoms with Crippen molar-refractivity contribution in [2.75, 3.05) is 5.75 Å². The third kappa shape index (κ3) is 8.02. The molecule has 0 heterocycles. The number of nitrogens with one attached hydrogen (secondary N) is 1.